The lowest BCUT2D eigenvalue weighted by Crippen LogP contribution is -2.40. The standard InChI is InChI=1S/C20H28N6O.HI/c1-4-21-20(22-11-16-6-5-7-19(10-16)24-15(2)27)26-9-8-17(14-26)18-12-23-25(3)13-18;/h5-7,10,12-13,17H,4,8-9,11,14H2,1-3H3,(H,21,22)(H,24,27);1H. The summed E-state index contributed by atoms with van der Waals surface area (Å²) in [6.45, 7) is 6.94. The van der Waals surface area contributed by atoms with E-state index in [1.54, 1.807) is 0 Å². The quantitative estimate of drug-likeness (QED) is 0.380. The van der Waals surface area contributed by atoms with E-state index in [1.807, 2.05) is 42.2 Å². The van der Waals surface area contributed by atoms with Crippen LogP contribution in [0.25, 0.3) is 0 Å². The summed E-state index contributed by atoms with van der Waals surface area (Å²) in [5.74, 6) is 1.36. The Kier molecular flexibility index (Phi) is 8.28. The van der Waals surface area contributed by atoms with Crippen molar-refractivity contribution in [2.75, 3.05) is 25.0 Å². The number of carbonyl (C=O) groups is 1. The van der Waals surface area contributed by atoms with Gasteiger partial charge in [-0.2, -0.15) is 5.10 Å². The molecule has 2 heterocycles. The first-order valence-electron chi connectivity index (χ1n) is 9.43. The smallest absolute Gasteiger partial charge is 0.221 e. The van der Waals surface area contributed by atoms with E-state index in [2.05, 4.69) is 33.8 Å². The van der Waals surface area contributed by atoms with Crippen LogP contribution >= 0.6 is 24.0 Å². The number of hydrogen-bond donors (Lipinski definition) is 2. The second-order valence-corrected chi connectivity index (χ2v) is 6.93. The van der Waals surface area contributed by atoms with Crippen molar-refractivity contribution in [1.82, 2.24) is 20.0 Å². The van der Waals surface area contributed by atoms with Gasteiger partial charge in [0.25, 0.3) is 0 Å². The number of aromatic nitrogens is 2. The van der Waals surface area contributed by atoms with Crippen molar-refractivity contribution in [3.63, 3.8) is 0 Å². The highest BCUT2D eigenvalue weighted by Gasteiger charge is 2.26. The maximum atomic E-state index is 11.2. The Morgan fingerprint density at radius 1 is 1.39 bits per heavy atom. The molecule has 1 aliphatic rings. The predicted octanol–water partition coefficient (Wildman–Crippen LogP) is 2.95. The number of carbonyl (C=O) groups excluding carboxylic acids is 1. The van der Waals surface area contributed by atoms with Crippen LogP contribution in [0.15, 0.2) is 41.7 Å². The maximum Gasteiger partial charge on any atom is 0.221 e. The molecule has 0 spiro atoms. The van der Waals surface area contributed by atoms with Gasteiger partial charge in [-0.05, 0) is 36.6 Å². The Labute approximate surface area is 183 Å². The van der Waals surface area contributed by atoms with Gasteiger partial charge in [0.15, 0.2) is 5.96 Å². The third-order valence-corrected chi connectivity index (χ3v) is 4.68. The SMILES string of the molecule is CCNC(=NCc1cccc(NC(C)=O)c1)N1CCC(c2cnn(C)c2)C1.I. The van der Waals surface area contributed by atoms with Gasteiger partial charge in [0.1, 0.15) is 0 Å². The molecule has 3 rings (SSSR count). The molecule has 8 heteroatoms. The Morgan fingerprint density at radius 3 is 2.89 bits per heavy atom. The number of amides is 1. The molecule has 1 amide bonds. The summed E-state index contributed by atoms with van der Waals surface area (Å²) < 4.78 is 1.86. The molecule has 0 bridgehead atoms. The number of nitrogens with one attached hydrogen (secondary N) is 2. The Hall–Kier alpha value is -2.10. The summed E-state index contributed by atoms with van der Waals surface area (Å²) >= 11 is 0. The molecule has 1 aromatic heterocycles. The summed E-state index contributed by atoms with van der Waals surface area (Å²) in [6, 6.07) is 7.83. The summed E-state index contributed by atoms with van der Waals surface area (Å²) in [7, 11) is 1.96. The van der Waals surface area contributed by atoms with Crippen molar-refractivity contribution < 1.29 is 4.79 Å². The van der Waals surface area contributed by atoms with Gasteiger partial charge in [-0.15, -0.1) is 24.0 Å². The fourth-order valence-corrected chi connectivity index (χ4v) is 3.42. The zero-order valence-corrected chi connectivity index (χ0v) is 19.0. The van der Waals surface area contributed by atoms with Crippen molar-refractivity contribution in [1.29, 1.82) is 0 Å². The molecule has 1 aliphatic heterocycles. The summed E-state index contributed by atoms with van der Waals surface area (Å²) in [4.78, 5) is 18.4. The van der Waals surface area contributed by atoms with E-state index in [1.165, 1.54) is 12.5 Å². The highest BCUT2D eigenvalue weighted by molar-refractivity contribution is 14.0. The molecule has 0 radical (unpaired) electrons. The molecule has 0 saturated carbocycles. The van der Waals surface area contributed by atoms with Crippen molar-refractivity contribution >= 4 is 41.5 Å². The van der Waals surface area contributed by atoms with E-state index in [9.17, 15) is 4.79 Å². The molecule has 7 nitrogen and oxygen atoms in total. The zero-order valence-electron chi connectivity index (χ0n) is 16.7. The van der Waals surface area contributed by atoms with Crippen LogP contribution in [0.3, 0.4) is 0 Å². The maximum absolute atomic E-state index is 11.2. The van der Waals surface area contributed by atoms with E-state index in [0.29, 0.717) is 12.5 Å². The molecule has 1 fully saturated rings. The fourth-order valence-electron chi connectivity index (χ4n) is 3.42. The number of anilines is 1. The second kappa shape index (κ2) is 10.4. The number of rotatable bonds is 5. The third kappa shape index (κ3) is 5.95. The van der Waals surface area contributed by atoms with E-state index in [4.69, 9.17) is 4.99 Å². The molecule has 2 aromatic rings. The number of aryl methyl sites for hydroxylation is 1. The van der Waals surface area contributed by atoms with Gasteiger partial charge in [-0.25, -0.2) is 4.99 Å². The van der Waals surface area contributed by atoms with Crippen LogP contribution < -0.4 is 10.6 Å². The van der Waals surface area contributed by atoms with Gasteiger partial charge >= 0.3 is 0 Å². The summed E-state index contributed by atoms with van der Waals surface area (Å²) in [6.07, 6.45) is 5.17. The van der Waals surface area contributed by atoms with Crippen molar-refractivity contribution in [2.45, 2.75) is 32.7 Å². The molecule has 1 saturated heterocycles. The van der Waals surface area contributed by atoms with Crippen LogP contribution in [-0.4, -0.2) is 46.2 Å². The predicted molar refractivity (Wildman–Crippen MR) is 123 cm³/mol. The minimum absolute atomic E-state index is 0. The Morgan fingerprint density at radius 2 is 2.21 bits per heavy atom. The number of halogens is 1. The van der Waals surface area contributed by atoms with Crippen molar-refractivity contribution in [3.05, 3.63) is 47.8 Å². The summed E-state index contributed by atoms with van der Waals surface area (Å²) in [5.41, 5.74) is 3.16. The van der Waals surface area contributed by atoms with Gasteiger partial charge in [-0.1, -0.05) is 12.1 Å². The topological polar surface area (TPSA) is 74.6 Å². The number of aliphatic imine (C=N–C) groups is 1. The highest BCUT2D eigenvalue weighted by atomic mass is 127. The van der Waals surface area contributed by atoms with Crippen LogP contribution in [-0.2, 0) is 18.4 Å². The molecule has 0 aliphatic carbocycles. The zero-order chi connectivity index (χ0) is 19.2. The summed E-state index contributed by atoms with van der Waals surface area (Å²) in [5, 5.41) is 10.5. The first-order chi connectivity index (χ1) is 13.0. The molecule has 2 N–H and O–H groups in total. The lowest BCUT2D eigenvalue weighted by atomic mass is 10.0. The minimum Gasteiger partial charge on any atom is -0.357 e. The van der Waals surface area contributed by atoms with E-state index in [-0.39, 0.29) is 29.9 Å². The van der Waals surface area contributed by atoms with Crippen LogP contribution in [0.5, 0.6) is 0 Å². The molecular weight excluding hydrogens is 467 g/mol. The van der Waals surface area contributed by atoms with Crippen LogP contribution in [0, 0.1) is 0 Å². The number of guanidine groups is 1. The third-order valence-electron chi connectivity index (χ3n) is 4.68. The number of hydrogen-bond acceptors (Lipinski definition) is 3. The van der Waals surface area contributed by atoms with E-state index < -0.39 is 0 Å². The largest absolute Gasteiger partial charge is 0.357 e. The van der Waals surface area contributed by atoms with Crippen molar-refractivity contribution in [3.8, 4) is 0 Å². The van der Waals surface area contributed by atoms with Gasteiger partial charge in [0.05, 0.1) is 12.7 Å². The van der Waals surface area contributed by atoms with Crippen molar-refractivity contribution in [2.24, 2.45) is 12.0 Å². The molecule has 1 aromatic carbocycles. The van der Waals surface area contributed by atoms with Gasteiger partial charge in [-0.3, -0.25) is 9.48 Å². The van der Waals surface area contributed by atoms with Crippen LogP contribution in [0.4, 0.5) is 5.69 Å². The number of benzene rings is 1. The monoisotopic (exact) mass is 496 g/mol. The normalized spacial score (nSPS) is 16.6. The molecular formula is C20H29IN6O. The van der Waals surface area contributed by atoms with Crippen LogP contribution in [0.2, 0.25) is 0 Å². The van der Waals surface area contributed by atoms with E-state index >= 15 is 0 Å². The average molecular weight is 496 g/mol. The van der Waals surface area contributed by atoms with Gasteiger partial charge in [0, 0.05) is 51.4 Å². The lowest BCUT2D eigenvalue weighted by Gasteiger charge is -2.21. The molecule has 28 heavy (non-hydrogen) atoms. The highest BCUT2D eigenvalue weighted by Crippen LogP contribution is 2.26. The van der Waals surface area contributed by atoms with Crippen LogP contribution in [0.1, 0.15) is 37.3 Å². The first-order valence-corrected chi connectivity index (χ1v) is 9.43. The molecule has 152 valence electrons. The first kappa shape index (κ1) is 22.2. The Bertz CT molecular complexity index is 819. The molecule has 1 unspecified atom stereocenters. The average Bonchev–Trinajstić information content (AvgIpc) is 3.27. The Balaban J connectivity index is 0.00000280. The lowest BCUT2D eigenvalue weighted by molar-refractivity contribution is -0.114. The number of nitrogens with zero attached hydrogens (tertiary/aromatic N) is 4. The minimum atomic E-state index is -0.0671. The van der Waals surface area contributed by atoms with Gasteiger partial charge < -0.3 is 15.5 Å². The van der Waals surface area contributed by atoms with Gasteiger partial charge in [0.2, 0.25) is 5.91 Å². The second-order valence-electron chi connectivity index (χ2n) is 6.93. The number of likely N-dealkylation sites (tertiary alicyclic amines) is 1. The fraction of sp³-hybridized carbons (Fsp3) is 0.450. The van der Waals surface area contributed by atoms with E-state index in [0.717, 1.165) is 43.3 Å². The molecule has 1 atom stereocenters.